The average molecular weight is 1080 g/mol. The smallest absolute Gasteiger partial charge is 0.249 e. The predicted octanol–water partition coefficient (Wildman–Crippen LogP) is 21.3. The molecule has 0 aromatic heterocycles. The van der Waals surface area contributed by atoms with E-state index in [1.165, 1.54) is 283 Å². The van der Waals surface area contributed by atoms with Crippen molar-refractivity contribution in [2.45, 2.75) is 391 Å². The molecular weight excluding hydrogens is 947 g/mol. The zero-order chi connectivity index (χ0) is 55.8. The van der Waals surface area contributed by atoms with E-state index in [4.69, 9.17) is 0 Å². The maximum atomic E-state index is 12.7. The third kappa shape index (κ3) is 58.7. The van der Waals surface area contributed by atoms with Crippen LogP contribution in [0, 0.1) is 0 Å². The van der Waals surface area contributed by atoms with Gasteiger partial charge in [-0.2, -0.15) is 0 Å². The molecule has 0 fully saturated rings. The van der Waals surface area contributed by atoms with Crippen LogP contribution in [0.3, 0.4) is 0 Å². The Bertz CT molecular complexity index is 1260. The third-order valence-electron chi connectivity index (χ3n) is 16.2. The SMILES string of the molecule is CCCCCCCCCCCCCC/C=C\CCCCCCCCCCCCCCCCCCC(O)C(=O)NC(CO)C(O)C(O)CCC/C=C/CC/C=C/CC/C=C/CCCCCCCCCCCCCCCCCC. The molecular formula is C71H135NO5. The van der Waals surface area contributed by atoms with E-state index in [1.54, 1.807) is 0 Å². The number of hydrogen-bond acceptors (Lipinski definition) is 5. The number of carbonyl (C=O) groups excluding carboxylic acids is 1. The monoisotopic (exact) mass is 1080 g/mol. The van der Waals surface area contributed by atoms with E-state index >= 15 is 0 Å². The maximum absolute atomic E-state index is 12.7. The van der Waals surface area contributed by atoms with Gasteiger partial charge in [-0.25, -0.2) is 0 Å². The number of aliphatic hydroxyl groups is 4. The number of aliphatic hydroxyl groups excluding tert-OH is 4. The quantitative estimate of drug-likeness (QED) is 0.0308. The standard InChI is InChI=1S/C71H135NO5/c1-3-5-7-9-11-13-15-17-19-21-23-25-27-29-31-33-34-35-37-39-41-43-45-47-49-51-53-55-57-59-61-63-65-69(75)71(77)72-67(66-73)70(76)68(74)64-62-60-58-56-54-52-50-48-46-44-42-40-38-36-32-30-28-26-24-22-20-18-16-14-12-10-8-6-4-2/h29,31,40,42,48,50,56,58,67-70,73-76H,3-28,30,32-39,41,43-47,49,51-55,57,59-66H2,1-2H3,(H,72,77)/b31-29-,42-40+,50-48+,58-56+. The van der Waals surface area contributed by atoms with Crippen LogP contribution < -0.4 is 5.32 Å². The Morgan fingerprint density at radius 3 is 0.818 bits per heavy atom. The molecule has 0 rings (SSSR count). The topological polar surface area (TPSA) is 110 Å². The number of unbranched alkanes of at least 4 members (excludes halogenated alkanes) is 47. The highest BCUT2D eigenvalue weighted by Gasteiger charge is 2.28. The van der Waals surface area contributed by atoms with Crippen LogP contribution in [0.25, 0.3) is 0 Å². The summed E-state index contributed by atoms with van der Waals surface area (Å²) >= 11 is 0. The molecule has 0 aromatic rings. The van der Waals surface area contributed by atoms with Crippen LogP contribution in [0.2, 0.25) is 0 Å². The molecule has 454 valence electrons. The second-order valence-electron chi connectivity index (χ2n) is 23.8. The Balaban J connectivity index is 3.62. The van der Waals surface area contributed by atoms with Gasteiger partial charge in [-0.15, -0.1) is 0 Å². The number of amides is 1. The largest absolute Gasteiger partial charge is 0.394 e. The molecule has 0 saturated carbocycles. The maximum Gasteiger partial charge on any atom is 0.249 e. The Kier molecular flexibility index (Phi) is 63.6. The van der Waals surface area contributed by atoms with E-state index < -0.39 is 36.9 Å². The van der Waals surface area contributed by atoms with Crippen molar-refractivity contribution in [1.82, 2.24) is 5.32 Å². The lowest BCUT2D eigenvalue weighted by Crippen LogP contribution is -2.53. The summed E-state index contributed by atoms with van der Waals surface area (Å²) in [6, 6.07) is -1.01. The summed E-state index contributed by atoms with van der Waals surface area (Å²) in [6.07, 6.45) is 85.2. The number of rotatable bonds is 64. The fraction of sp³-hybridized carbons (Fsp3) is 0.873. The third-order valence-corrected chi connectivity index (χ3v) is 16.2. The van der Waals surface area contributed by atoms with E-state index in [0.717, 1.165) is 51.4 Å². The minimum Gasteiger partial charge on any atom is -0.394 e. The Hall–Kier alpha value is -1.73. The van der Waals surface area contributed by atoms with Crippen LogP contribution in [0.15, 0.2) is 48.6 Å². The molecule has 0 aliphatic heterocycles. The molecule has 0 saturated heterocycles. The van der Waals surface area contributed by atoms with Gasteiger partial charge in [0.05, 0.1) is 18.8 Å². The summed E-state index contributed by atoms with van der Waals surface area (Å²) in [6.45, 7) is 4.09. The van der Waals surface area contributed by atoms with Crippen molar-refractivity contribution in [2.75, 3.05) is 6.61 Å². The van der Waals surface area contributed by atoms with E-state index in [1.807, 2.05) is 0 Å². The first-order chi connectivity index (χ1) is 38.0. The van der Waals surface area contributed by atoms with Gasteiger partial charge in [-0.3, -0.25) is 4.79 Å². The van der Waals surface area contributed by atoms with Crippen molar-refractivity contribution in [2.24, 2.45) is 0 Å². The number of nitrogens with one attached hydrogen (secondary N) is 1. The van der Waals surface area contributed by atoms with Gasteiger partial charge in [0.15, 0.2) is 0 Å². The summed E-state index contributed by atoms with van der Waals surface area (Å²) in [5, 5.41) is 44.2. The van der Waals surface area contributed by atoms with Crippen LogP contribution in [-0.2, 0) is 4.79 Å². The van der Waals surface area contributed by atoms with Crippen LogP contribution in [0.1, 0.15) is 367 Å². The second-order valence-corrected chi connectivity index (χ2v) is 23.8. The van der Waals surface area contributed by atoms with Crippen molar-refractivity contribution in [3.8, 4) is 0 Å². The van der Waals surface area contributed by atoms with Crippen molar-refractivity contribution in [3.63, 3.8) is 0 Å². The first kappa shape index (κ1) is 75.3. The zero-order valence-corrected chi connectivity index (χ0v) is 51.7. The zero-order valence-electron chi connectivity index (χ0n) is 51.7. The first-order valence-corrected chi connectivity index (χ1v) is 34.5. The fourth-order valence-corrected chi connectivity index (χ4v) is 10.8. The lowest BCUT2D eigenvalue weighted by molar-refractivity contribution is -0.132. The van der Waals surface area contributed by atoms with E-state index in [0.29, 0.717) is 19.3 Å². The Morgan fingerprint density at radius 1 is 0.312 bits per heavy atom. The number of carbonyl (C=O) groups is 1. The van der Waals surface area contributed by atoms with Gasteiger partial charge in [0.1, 0.15) is 12.2 Å². The van der Waals surface area contributed by atoms with E-state index in [9.17, 15) is 25.2 Å². The Labute approximate surface area is 480 Å². The predicted molar refractivity (Wildman–Crippen MR) is 339 cm³/mol. The minimum atomic E-state index is -1.30. The molecule has 6 heteroatoms. The van der Waals surface area contributed by atoms with E-state index in [2.05, 4.69) is 67.8 Å². The average Bonchev–Trinajstić information content (AvgIpc) is 3.43. The van der Waals surface area contributed by atoms with Gasteiger partial charge in [-0.05, 0) is 89.9 Å². The lowest BCUT2D eigenvalue weighted by Gasteiger charge is -2.27. The molecule has 0 aliphatic rings. The summed E-state index contributed by atoms with van der Waals surface area (Å²) in [5.41, 5.74) is 0. The molecule has 0 aromatic carbocycles. The molecule has 6 nitrogen and oxygen atoms in total. The molecule has 1 amide bonds. The highest BCUT2D eigenvalue weighted by Crippen LogP contribution is 2.18. The van der Waals surface area contributed by atoms with Crippen molar-refractivity contribution >= 4 is 5.91 Å². The van der Waals surface area contributed by atoms with Gasteiger partial charge in [0.2, 0.25) is 5.91 Å². The van der Waals surface area contributed by atoms with Crippen LogP contribution in [0.5, 0.6) is 0 Å². The number of allylic oxidation sites excluding steroid dienone is 8. The van der Waals surface area contributed by atoms with Crippen molar-refractivity contribution < 1.29 is 25.2 Å². The Morgan fingerprint density at radius 2 is 0.545 bits per heavy atom. The first-order valence-electron chi connectivity index (χ1n) is 34.5. The highest BCUT2D eigenvalue weighted by atomic mass is 16.3. The molecule has 5 N–H and O–H groups in total. The molecule has 0 heterocycles. The summed E-state index contributed by atoms with van der Waals surface area (Å²) < 4.78 is 0. The van der Waals surface area contributed by atoms with Gasteiger partial charge in [0.25, 0.3) is 0 Å². The molecule has 0 radical (unpaired) electrons. The van der Waals surface area contributed by atoms with Gasteiger partial charge in [0, 0.05) is 0 Å². The minimum absolute atomic E-state index is 0.360. The summed E-state index contributed by atoms with van der Waals surface area (Å²) in [7, 11) is 0. The molecule has 4 atom stereocenters. The highest BCUT2D eigenvalue weighted by molar-refractivity contribution is 5.80. The summed E-state index contributed by atoms with van der Waals surface area (Å²) in [4.78, 5) is 12.7. The summed E-state index contributed by atoms with van der Waals surface area (Å²) in [5.74, 6) is -0.595. The fourth-order valence-electron chi connectivity index (χ4n) is 10.8. The number of hydrogen-bond donors (Lipinski definition) is 5. The molecule has 0 spiro atoms. The molecule has 4 unspecified atom stereocenters. The van der Waals surface area contributed by atoms with Gasteiger partial charge < -0.3 is 25.7 Å². The molecule has 77 heavy (non-hydrogen) atoms. The van der Waals surface area contributed by atoms with Gasteiger partial charge >= 0.3 is 0 Å². The molecule has 0 aliphatic carbocycles. The van der Waals surface area contributed by atoms with E-state index in [-0.39, 0.29) is 0 Å². The van der Waals surface area contributed by atoms with Crippen molar-refractivity contribution in [1.29, 1.82) is 0 Å². The second kappa shape index (κ2) is 65.1. The normalized spacial score (nSPS) is 13.8. The van der Waals surface area contributed by atoms with Crippen LogP contribution in [-0.4, -0.2) is 57.3 Å². The lowest BCUT2D eigenvalue weighted by atomic mass is 10.00. The molecule has 0 bridgehead atoms. The van der Waals surface area contributed by atoms with Crippen LogP contribution in [0.4, 0.5) is 0 Å². The van der Waals surface area contributed by atoms with Crippen molar-refractivity contribution in [3.05, 3.63) is 48.6 Å². The van der Waals surface area contributed by atoms with Crippen LogP contribution >= 0.6 is 0 Å². The van der Waals surface area contributed by atoms with Gasteiger partial charge in [-0.1, -0.05) is 326 Å².